The highest BCUT2D eigenvalue weighted by Crippen LogP contribution is 2.18. The van der Waals surface area contributed by atoms with E-state index >= 15 is 0 Å². The summed E-state index contributed by atoms with van der Waals surface area (Å²) in [5, 5.41) is 12.2. The van der Waals surface area contributed by atoms with Crippen LogP contribution in [0.5, 0.6) is 0 Å². The van der Waals surface area contributed by atoms with Crippen molar-refractivity contribution < 1.29 is 9.53 Å². The molecule has 4 heteroatoms. The molecule has 0 saturated heterocycles. The van der Waals surface area contributed by atoms with Crippen LogP contribution < -0.4 is 0 Å². The Hall–Kier alpha value is -1.34. The van der Waals surface area contributed by atoms with E-state index in [1.54, 1.807) is 11.4 Å². The van der Waals surface area contributed by atoms with Crippen molar-refractivity contribution in [2.75, 3.05) is 7.11 Å². The molecule has 1 aromatic heterocycles. The van der Waals surface area contributed by atoms with Crippen LogP contribution in [0.1, 0.15) is 11.5 Å². The summed E-state index contributed by atoms with van der Waals surface area (Å²) in [5.74, 6) is -1.28. The topological polar surface area (TPSA) is 50.1 Å². The maximum Gasteiger partial charge on any atom is 0.327 e. The highest BCUT2D eigenvalue weighted by atomic mass is 32.1. The van der Waals surface area contributed by atoms with Gasteiger partial charge >= 0.3 is 5.97 Å². The first kappa shape index (κ1) is 8.75. The molecule has 0 saturated carbocycles. The van der Waals surface area contributed by atoms with E-state index in [1.165, 1.54) is 18.4 Å². The molecule has 0 unspecified atom stereocenters. The summed E-state index contributed by atoms with van der Waals surface area (Å²) in [6, 6.07) is 3.63. The number of carbonyl (C=O) groups is 1. The maximum absolute atomic E-state index is 11.0. The Morgan fingerprint density at radius 3 is 3.00 bits per heavy atom. The molecule has 1 aromatic rings. The van der Waals surface area contributed by atoms with Crippen molar-refractivity contribution in [3.8, 4) is 6.07 Å². The van der Waals surface area contributed by atoms with Crippen LogP contribution in [-0.2, 0) is 9.53 Å². The van der Waals surface area contributed by atoms with Gasteiger partial charge in [0.15, 0.2) is 5.92 Å². The summed E-state index contributed by atoms with van der Waals surface area (Å²) in [6.07, 6.45) is 0. The summed E-state index contributed by atoms with van der Waals surface area (Å²) in [5.41, 5.74) is 0.703. The van der Waals surface area contributed by atoms with E-state index in [4.69, 9.17) is 5.26 Å². The Labute approximate surface area is 74.2 Å². The molecule has 0 aliphatic rings. The number of nitrogens with zero attached hydrogens (tertiary/aromatic N) is 1. The van der Waals surface area contributed by atoms with E-state index in [0.29, 0.717) is 5.56 Å². The summed E-state index contributed by atoms with van der Waals surface area (Å²) >= 11 is 1.45. The highest BCUT2D eigenvalue weighted by molar-refractivity contribution is 7.08. The van der Waals surface area contributed by atoms with Crippen LogP contribution in [0.15, 0.2) is 16.8 Å². The number of hydrogen-bond donors (Lipinski definition) is 0. The van der Waals surface area contributed by atoms with Gasteiger partial charge < -0.3 is 4.74 Å². The molecule has 1 rings (SSSR count). The van der Waals surface area contributed by atoms with Gasteiger partial charge in [-0.15, -0.1) is 0 Å². The fourth-order valence-corrected chi connectivity index (χ4v) is 1.51. The van der Waals surface area contributed by atoms with Crippen molar-refractivity contribution in [3.05, 3.63) is 22.4 Å². The van der Waals surface area contributed by atoms with Gasteiger partial charge in [-0.3, -0.25) is 4.79 Å². The van der Waals surface area contributed by atoms with Crippen molar-refractivity contribution in [1.29, 1.82) is 5.26 Å². The van der Waals surface area contributed by atoms with Gasteiger partial charge in [-0.05, 0) is 22.4 Å². The monoisotopic (exact) mass is 181 g/mol. The molecule has 0 radical (unpaired) electrons. The largest absolute Gasteiger partial charge is 0.468 e. The molecule has 0 spiro atoms. The molecule has 0 fully saturated rings. The normalized spacial score (nSPS) is 11.7. The molecule has 0 N–H and O–H groups in total. The van der Waals surface area contributed by atoms with Gasteiger partial charge in [-0.1, -0.05) is 0 Å². The molecule has 1 heterocycles. The number of rotatable bonds is 2. The van der Waals surface area contributed by atoms with Gasteiger partial charge in [-0.25, -0.2) is 0 Å². The van der Waals surface area contributed by atoms with Crippen molar-refractivity contribution in [1.82, 2.24) is 0 Å². The zero-order valence-corrected chi connectivity index (χ0v) is 7.30. The molecule has 0 aromatic carbocycles. The van der Waals surface area contributed by atoms with Gasteiger partial charge in [0.05, 0.1) is 13.2 Å². The molecule has 0 aliphatic heterocycles. The van der Waals surface area contributed by atoms with Gasteiger partial charge in [0.25, 0.3) is 0 Å². The number of nitriles is 1. The quantitative estimate of drug-likeness (QED) is 0.650. The van der Waals surface area contributed by atoms with Crippen LogP contribution in [0.3, 0.4) is 0 Å². The Balaban J connectivity index is 2.86. The van der Waals surface area contributed by atoms with E-state index < -0.39 is 11.9 Å². The number of thiophene rings is 1. The fourth-order valence-electron chi connectivity index (χ4n) is 0.820. The van der Waals surface area contributed by atoms with Crippen LogP contribution >= 0.6 is 11.3 Å². The summed E-state index contributed by atoms with van der Waals surface area (Å²) in [4.78, 5) is 11.0. The summed E-state index contributed by atoms with van der Waals surface area (Å²) in [6.45, 7) is 0. The SMILES string of the molecule is COC(=O)[C@@H](C#N)c1ccsc1. The van der Waals surface area contributed by atoms with Crippen molar-refractivity contribution in [2.45, 2.75) is 5.92 Å². The number of hydrogen-bond acceptors (Lipinski definition) is 4. The average molecular weight is 181 g/mol. The van der Waals surface area contributed by atoms with Crippen LogP contribution in [0.25, 0.3) is 0 Å². The van der Waals surface area contributed by atoms with Crippen molar-refractivity contribution in [3.63, 3.8) is 0 Å². The Bertz CT molecular complexity index is 299. The first-order valence-corrected chi connectivity index (χ1v) is 4.23. The first-order chi connectivity index (χ1) is 5.79. The molecule has 0 amide bonds. The van der Waals surface area contributed by atoms with Crippen LogP contribution in [0.2, 0.25) is 0 Å². The molecule has 62 valence electrons. The smallest absolute Gasteiger partial charge is 0.327 e. The number of methoxy groups -OCH3 is 1. The highest BCUT2D eigenvalue weighted by Gasteiger charge is 2.20. The molecule has 0 aliphatic carbocycles. The fraction of sp³-hybridized carbons (Fsp3) is 0.250. The number of ether oxygens (including phenoxy) is 1. The third kappa shape index (κ3) is 1.63. The predicted octanol–water partition coefficient (Wildman–Crippen LogP) is 1.53. The summed E-state index contributed by atoms with van der Waals surface area (Å²) < 4.78 is 4.47. The Kier molecular flexibility index (Phi) is 2.83. The average Bonchev–Trinajstić information content (AvgIpc) is 2.58. The van der Waals surface area contributed by atoms with Crippen LogP contribution in [-0.4, -0.2) is 13.1 Å². The van der Waals surface area contributed by atoms with Gasteiger partial charge in [0.2, 0.25) is 0 Å². The van der Waals surface area contributed by atoms with Gasteiger partial charge in [0, 0.05) is 0 Å². The second kappa shape index (κ2) is 3.88. The van der Waals surface area contributed by atoms with Gasteiger partial charge in [0.1, 0.15) is 0 Å². The first-order valence-electron chi connectivity index (χ1n) is 3.29. The lowest BCUT2D eigenvalue weighted by molar-refractivity contribution is -0.140. The Morgan fingerprint density at radius 2 is 2.58 bits per heavy atom. The number of carbonyl (C=O) groups excluding carboxylic acids is 1. The summed E-state index contributed by atoms with van der Waals surface area (Å²) in [7, 11) is 1.28. The van der Waals surface area contributed by atoms with Crippen LogP contribution in [0.4, 0.5) is 0 Å². The van der Waals surface area contributed by atoms with Gasteiger partial charge in [-0.2, -0.15) is 16.6 Å². The zero-order chi connectivity index (χ0) is 8.97. The van der Waals surface area contributed by atoms with Crippen molar-refractivity contribution >= 4 is 17.3 Å². The minimum atomic E-state index is -0.777. The van der Waals surface area contributed by atoms with E-state index in [9.17, 15) is 4.79 Å². The minimum Gasteiger partial charge on any atom is -0.468 e. The lowest BCUT2D eigenvalue weighted by atomic mass is 10.1. The number of esters is 1. The second-order valence-corrected chi connectivity index (χ2v) is 2.92. The molecule has 12 heavy (non-hydrogen) atoms. The molecule has 1 atom stereocenters. The third-order valence-electron chi connectivity index (χ3n) is 1.44. The van der Waals surface area contributed by atoms with Crippen LogP contribution in [0, 0.1) is 11.3 Å². The molecular weight excluding hydrogens is 174 g/mol. The lowest BCUT2D eigenvalue weighted by Gasteiger charge is -2.02. The lowest BCUT2D eigenvalue weighted by Crippen LogP contribution is -2.11. The Morgan fingerprint density at radius 1 is 1.83 bits per heavy atom. The standard InChI is InChI=1S/C8H7NO2S/c1-11-8(10)7(4-9)6-2-3-12-5-6/h2-3,5,7H,1H3/t7-/m0/s1. The minimum absolute atomic E-state index is 0.504. The molecule has 0 bridgehead atoms. The van der Waals surface area contributed by atoms with Crippen molar-refractivity contribution in [2.24, 2.45) is 0 Å². The van der Waals surface area contributed by atoms with E-state index in [-0.39, 0.29) is 0 Å². The van der Waals surface area contributed by atoms with E-state index in [0.717, 1.165) is 0 Å². The predicted molar refractivity (Wildman–Crippen MR) is 44.7 cm³/mol. The third-order valence-corrected chi connectivity index (χ3v) is 2.14. The van der Waals surface area contributed by atoms with E-state index in [1.807, 2.05) is 11.4 Å². The maximum atomic E-state index is 11.0. The molecular formula is C8H7NO2S. The van der Waals surface area contributed by atoms with E-state index in [2.05, 4.69) is 4.74 Å². The second-order valence-electron chi connectivity index (χ2n) is 2.14. The zero-order valence-electron chi connectivity index (χ0n) is 6.48. The molecule has 3 nitrogen and oxygen atoms in total.